The molecule has 2 fully saturated rings. The minimum absolute atomic E-state index is 0.0586. The number of benzene rings is 1. The van der Waals surface area contributed by atoms with Crippen LogP contribution in [0.25, 0.3) is 0 Å². The van der Waals surface area contributed by atoms with E-state index in [-0.39, 0.29) is 36.4 Å². The third-order valence-corrected chi connectivity index (χ3v) is 7.31. The van der Waals surface area contributed by atoms with Crippen molar-refractivity contribution in [2.24, 2.45) is 5.41 Å². The van der Waals surface area contributed by atoms with Crippen molar-refractivity contribution in [2.75, 3.05) is 39.9 Å². The van der Waals surface area contributed by atoms with Gasteiger partial charge in [-0.2, -0.15) is 9.29 Å². The Kier molecular flexibility index (Phi) is 4.91. The number of halogens is 1. The highest BCUT2D eigenvalue weighted by molar-refractivity contribution is 7.89. The number of nitrogens with zero attached hydrogens (tertiary/aromatic N) is 4. The van der Waals surface area contributed by atoms with Crippen molar-refractivity contribution < 1.29 is 26.9 Å². The third-order valence-electron chi connectivity index (χ3n) is 5.53. The minimum Gasteiger partial charge on any atom is -0.375 e. The van der Waals surface area contributed by atoms with Crippen molar-refractivity contribution in [3.05, 3.63) is 41.8 Å². The number of carbonyl (C=O) groups excluding carboxylic acids is 1. The average molecular weight is 424 g/mol. The van der Waals surface area contributed by atoms with Gasteiger partial charge in [0.15, 0.2) is 5.82 Å². The standard InChI is InChI=1S/C18H21FN4O5S/c1-12-20-17(28-21-12)15-7-22(16(24)8-27-2)9-18(15)10-23(11-18)29(25,26)14-5-3-4-13(19)6-14/h3-6,15H,7-11H2,1-2H3. The number of amides is 1. The van der Waals surface area contributed by atoms with Gasteiger partial charge in [0.2, 0.25) is 21.8 Å². The van der Waals surface area contributed by atoms with Crippen LogP contribution >= 0.6 is 0 Å². The van der Waals surface area contributed by atoms with Crippen LogP contribution in [0.15, 0.2) is 33.7 Å². The van der Waals surface area contributed by atoms with E-state index in [1.807, 2.05) is 0 Å². The molecule has 1 atom stereocenters. The molecular weight excluding hydrogens is 403 g/mol. The Morgan fingerprint density at radius 1 is 1.38 bits per heavy atom. The summed E-state index contributed by atoms with van der Waals surface area (Å²) < 4.78 is 50.8. The van der Waals surface area contributed by atoms with Crippen LogP contribution in [0.3, 0.4) is 0 Å². The zero-order valence-electron chi connectivity index (χ0n) is 16.0. The second-order valence-corrected chi connectivity index (χ2v) is 9.47. The third kappa shape index (κ3) is 3.43. The normalized spacial score (nSPS) is 21.5. The van der Waals surface area contributed by atoms with Crippen molar-refractivity contribution in [3.63, 3.8) is 0 Å². The van der Waals surface area contributed by atoms with Gasteiger partial charge in [-0.05, 0) is 25.1 Å². The highest BCUT2D eigenvalue weighted by Crippen LogP contribution is 2.50. The highest BCUT2D eigenvalue weighted by atomic mass is 32.2. The number of sulfonamides is 1. The van der Waals surface area contributed by atoms with Crippen LogP contribution in [0.2, 0.25) is 0 Å². The van der Waals surface area contributed by atoms with Gasteiger partial charge < -0.3 is 14.2 Å². The quantitative estimate of drug-likeness (QED) is 0.698. The van der Waals surface area contributed by atoms with E-state index in [2.05, 4.69) is 10.1 Å². The molecule has 0 radical (unpaired) electrons. The summed E-state index contributed by atoms with van der Waals surface area (Å²) in [5, 5.41) is 3.83. The maximum absolute atomic E-state index is 13.5. The monoisotopic (exact) mass is 424 g/mol. The molecule has 2 aromatic rings. The molecule has 11 heteroatoms. The number of aryl methyl sites for hydroxylation is 1. The molecule has 1 spiro atoms. The maximum atomic E-state index is 13.5. The average Bonchev–Trinajstić information content (AvgIpc) is 3.24. The topological polar surface area (TPSA) is 106 Å². The molecule has 0 aliphatic carbocycles. The summed E-state index contributed by atoms with van der Waals surface area (Å²) in [6.45, 7) is 2.69. The summed E-state index contributed by atoms with van der Waals surface area (Å²) >= 11 is 0. The maximum Gasteiger partial charge on any atom is 0.248 e. The van der Waals surface area contributed by atoms with Crippen molar-refractivity contribution >= 4 is 15.9 Å². The minimum atomic E-state index is -3.84. The Balaban J connectivity index is 1.59. The summed E-state index contributed by atoms with van der Waals surface area (Å²) in [7, 11) is -2.39. The Bertz CT molecular complexity index is 1030. The summed E-state index contributed by atoms with van der Waals surface area (Å²) in [6.07, 6.45) is 0. The van der Waals surface area contributed by atoms with E-state index < -0.39 is 21.3 Å². The van der Waals surface area contributed by atoms with Gasteiger partial charge in [0.05, 0.1) is 10.8 Å². The molecule has 29 heavy (non-hydrogen) atoms. The van der Waals surface area contributed by atoms with Gasteiger partial charge in [-0.15, -0.1) is 0 Å². The fourth-order valence-corrected chi connectivity index (χ4v) is 5.76. The number of aromatic nitrogens is 2. The first-order valence-corrected chi connectivity index (χ1v) is 10.5. The Morgan fingerprint density at radius 3 is 2.76 bits per heavy atom. The van der Waals surface area contributed by atoms with Crippen LogP contribution in [-0.2, 0) is 19.6 Å². The first kappa shape index (κ1) is 19.9. The van der Waals surface area contributed by atoms with E-state index in [0.29, 0.717) is 24.8 Å². The zero-order chi connectivity index (χ0) is 20.8. The number of hydrogen-bond donors (Lipinski definition) is 0. The van der Waals surface area contributed by atoms with Gasteiger partial charge in [-0.3, -0.25) is 4.79 Å². The van der Waals surface area contributed by atoms with Crippen LogP contribution in [-0.4, -0.2) is 73.6 Å². The van der Waals surface area contributed by atoms with Crippen LogP contribution in [0.1, 0.15) is 17.6 Å². The first-order valence-electron chi connectivity index (χ1n) is 9.08. The fraction of sp³-hybridized carbons (Fsp3) is 0.500. The van der Waals surface area contributed by atoms with Gasteiger partial charge in [0, 0.05) is 38.7 Å². The van der Waals surface area contributed by atoms with E-state index in [1.54, 1.807) is 11.8 Å². The van der Waals surface area contributed by atoms with Crippen molar-refractivity contribution in [1.82, 2.24) is 19.3 Å². The number of methoxy groups -OCH3 is 1. The van der Waals surface area contributed by atoms with Crippen LogP contribution in [0.5, 0.6) is 0 Å². The lowest BCUT2D eigenvalue weighted by atomic mass is 9.73. The number of carbonyl (C=O) groups is 1. The molecule has 2 saturated heterocycles. The number of rotatable bonds is 5. The largest absolute Gasteiger partial charge is 0.375 e. The molecule has 1 aromatic carbocycles. The van der Waals surface area contributed by atoms with E-state index in [9.17, 15) is 17.6 Å². The van der Waals surface area contributed by atoms with E-state index in [0.717, 1.165) is 6.07 Å². The van der Waals surface area contributed by atoms with Gasteiger partial charge in [0.1, 0.15) is 12.4 Å². The Hall–Kier alpha value is -2.37. The van der Waals surface area contributed by atoms with Gasteiger partial charge in [-0.25, -0.2) is 12.8 Å². The van der Waals surface area contributed by atoms with Gasteiger partial charge in [-0.1, -0.05) is 11.2 Å². The lowest BCUT2D eigenvalue weighted by Gasteiger charge is -2.48. The summed E-state index contributed by atoms with van der Waals surface area (Å²) in [4.78, 5) is 18.2. The molecule has 1 aromatic heterocycles. The second kappa shape index (κ2) is 7.15. The SMILES string of the molecule is COCC(=O)N1CC(c2nc(C)no2)C2(C1)CN(S(=O)(=O)c1cccc(F)c1)C2. The molecule has 1 unspecified atom stereocenters. The molecule has 2 aliphatic heterocycles. The molecule has 3 heterocycles. The highest BCUT2D eigenvalue weighted by Gasteiger charge is 2.60. The molecule has 1 amide bonds. The zero-order valence-corrected chi connectivity index (χ0v) is 16.9. The smallest absolute Gasteiger partial charge is 0.248 e. The van der Waals surface area contributed by atoms with E-state index in [1.165, 1.54) is 29.6 Å². The van der Waals surface area contributed by atoms with Crippen molar-refractivity contribution in [2.45, 2.75) is 17.7 Å². The molecule has 0 N–H and O–H groups in total. The predicted molar refractivity (Wildman–Crippen MR) is 97.8 cm³/mol. The molecule has 4 rings (SSSR count). The fourth-order valence-electron chi connectivity index (χ4n) is 4.09. The summed E-state index contributed by atoms with van der Waals surface area (Å²) in [5.74, 6) is -0.225. The number of ether oxygens (including phenoxy) is 1. The molecule has 9 nitrogen and oxygen atoms in total. The van der Waals surface area contributed by atoms with E-state index >= 15 is 0 Å². The van der Waals surface area contributed by atoms with Crippen molar-refractivity contribution in [3.8, 4) is 0 Å². The second-order valence-electron chi connectivity index (χ2n) is 7.53. The van der Waals surface area contributed by atoms with Crippen molar-refractivity contribution in [1.29, 1.82) is 0 Å². The molecular formula is C18H21FN4O5S. The molecule has 2 aliphatic rings. The Morgan fingerprint density at radius 2 is 2.14 bits per heavy atom. The molecule has 0 saturated carbocycles. The van der Waals surface area contributed by atoms with Crippen LogP contribution < -0.4 is 0 Å². The molecule has 0 bridgehead atoms. The van der Waals surface area contributed by atoms with Gasteiger partial charge >= 0.3 is 0 Å². The lowest BCUT2D eigenvalue weighted by molar-refractivity contribution is -0.134. The first-order chi connectivity index (χ1) is 13.7. The van der Waals surface area contributed by atoms with Crippen LogP contribution in [0, 0.1) is 18.2 Å². The summed E-state index contributed by atoms with van der Waals surface area (Å²) in [5.41, 5.74) is -0.539. The number of likely N-dealkylation sites (tertiary alicyclic amines) is 1. The van der Waals surface area contributed by atoms with Crippen LogP contribution in [0.4, 0.5) is 4.39 Å². The van der Waals surface area contributed by atoms with Gasteiger partial charge in [0.25, 0.3) is 0 Å². The number of hydrogen-bond acceptors (Lipinski definition) is 7. The summed E-state index contributed by atoms with van der Waals surface area (Å²) in [6, 6.07) is 4.93. The van der Waals surface area contributed by atoms with E-state index in [4.69, 9.17) is 9.26 Å². The predicted octanol–water partition coefficient (Wildman–Crippen LogP) is 0.780. The lowest BCUT2D eigenvalue weighted by Crippen LogP contribution is -2.61. The molecule has 156 valence electrons. The Labute approximate surface area is 167 Å².